The highest BCUT2D eigenvalue weighted by molar-refractivity contribution is 7.99. The SMILES string of the molecule is CN1CCN(c2nc(NC3=NCC(c4ccc(Cl)cc4)=C3)nc(Sc3ccccc3)n2)CC1. The number of benzene rings is 2. The first-order valence-corrected chi connectivity index (χ1v) is 12.0. The molecule has 0 spiro atoms. The van der Waals surface area contributed by atoms with Gasteiger partial charge in [0.05, 0.1) is 6.54 Å². The number of likely N-dealkylation sites (N-methyl/N-ethyl adjacent to an activating group) is 1. The third-order valence-corrected chi connectivity index (χ3v) is 6.65. The molecule has 3 aromatic rings. The summed E-state index contributed by atoms with van der Waals surface area (Å²) in [5, 5.41) is 4.69. The van der Waals surface area contributed by atoms with E-state index >= 15 is 0 Å². The Bertz CT molecular complexity index is 1170. The van der Waals surface area contributed by atoms with Crippen LogP contribution in [-0.2, 0) is 0 Å². The number of piperazine rings is 1. The van der Waals surface area contributed by atoms with Gasteiger partial charge < -0.3 is 15.1 Å². The second-order valence-corrected chi connectivity index (χ2v) is 9.43. The zero-order valence-corrected chi connectivity index (χ0v) is 19.9. The molecule has 1 fully saturated rings. The molecule has 9 heteroatoms. The lowest BCUT2D eigenvalue weighted by molar-refractivity contribution is 0.311. The second kappa shape index (κ2) is 9.91. The van der Waals surface area contributed by atoms with Crippen molar-refractivity contribution in [2.24, 2.45) is 4.99 Å². The molecule has 0 amide bonds. The van der Waals surface area contributed by atoms with Crippen molar-refractivity contribution in [3.8, 4) is 0 Å². The molecule has 1 aromatic heterocycles. The van der Waals surface area contributed by atoms with Gasteiger partial charge in [0, 0.05) is 36.1 Å². The standard InChI is InChI=1S/C24H24ClN7S/c1-31-11-13-32(14-12-31)23-28-22(29-24(30-23)33-20-5-3-2-4-6-20)27-21-15-18(16-26-21)17-7-9-19(25)10-8-17/h2-10,15H,11-14,16H2,1H3,(H,26,27,28,29,30). The molecule has 2 aliphatic rings. The van der Waals surface area contributed by atoms with E-state index in [-0.39, 0.29) is 0 Å². The highest BCUT2D eigenvalue weighted by Crippen LogP contribution is 2.27. The van der Waals surface area contributed by atoms with Crippen LogP contribution in [0.3, 0.4) is 0 Å². The molecule has 7 nitrogen and oxygen atoms in total. The van der Waals surface area contributed by atoms with Crippen LogP contribution in [0.4, 0.5) is 11.9 Å². The Morgan fingerprint density at radius 3 is 2.42 bits per heavy atom. The molecular weight excluding hydrogens is 454 g/mol. The van der Waals surface area contributed by atoms with E-state index in [0.29, 0.717) is 23.6 Å². The summed E-state index contributed by atoms with van der Waals surface area (Å²) >= 11 is 7.55. The van der Waals surface area contributed by atoms with E-state index in [1.165, 1.54) is 11.8 Å². The molecule has 2 aliphatic heterocycles. The largest absolute Gasteiger partial charge is 0.338 e. The molecule has 0 unspecified atom stereocenters. The molecule has 0 saturated carbocycles. The van der Waals surface area contributed by atoms with Crippen molar-refractivity contribution in [3.63, 3.8) is 0 Å². The van der Waals surface area contributed by atoms with Gasteiger partial charge in [-0.25, -0.2) is 0 Å². The lowest BCUT2D eigenvalue weighted by Gasteiger charge is -2.32. The third-order valence-electron chi connectivity index (χ3n) is 5.53. The smallest absolute Gasteiger partial charge is 0.234 e. The Labute approximate surface area is 202 Å². The topological polar surface area (TPSA) is 69.5 Å². The average Bonchev–Trinajstić information content (AvgIpc) is 3.29. The molecule has 1 saturated heterocycles. The Kier molecular flexibility index (Phi) is 6.57. The zero-order valence-electron chi connectivity index (χ0n) is 18.3. The Hall–Kier alpha value is -2.94. The van der Waals surface area contributed by atoms with Crippen LogP contribution < -0.4 is 10.2 Å². The fourth-order valence-corrected chi connectivity index (χ4v) is 4.53. The van der Waals surface area contributed by atoms with Gasteiger partial charge in [0.15, 0.2) is 5.16 Å². The predicted octanol–water partition coefficient (Wildman–Crippen LogP) is 4.34. The predicted molar refractivity (Wildman–Crippen MR) is 135 cm³/mol. The Morgan fingerprint density at radius 1 is 0.909 bits per heavy atom. The van der Waals surface area contributed by atoms with Crippen molar-refractivity contribution in [1.82, 2.24) is 19.9 Å². The third kappa shape index (κ3) is 5.52. The van der Waals surface area contributed by atoms with E-state index in [0.717, 1.165) is 53.1 Å². The summed E-state index contributed by atoms with van der Waals surface area (Å²) in [5.41, 5.74) is 2.23. The van der Waals surface area contributed by atoms with E-state index < -0.39 is 0 Å². The Morgan fingerprint density at radius 2 is 1.67 bits per heavy atom. The molecule has 0 atom stereocenters. The highest BCUT2D eigenvalue weighted by atomic mass is 35.5. The number of rotatable bonds is 5. The van der Waals surface area contributed by atoms with Crippen LogP contribution in [0.1, 0.15) is 5.56 Å². The summed E-state index contributed by atoms with van der Waals surface area (Å²) in [6, 6.07) is 17.9. The first-order valence-electron chi connectivity index (χ1n) is 10.8. The van der Waals surface area contributed by atoms with Crippen LogP contribution in [0.15, 0.2) is 75.7 Å². The molecule has 5 rings (SSSR count). The summed E-state index contributed by atoms with van der Waals surface area (Å²) < 4.78 is 0. The zero-order chi connectivity index (χ0) is 22.6. The van der Waals surface area contributed by atoms with Gasteiger partial charge in [-0.2, -0.15) is 15.0 Å². The van der Waals surface area contributed by atoms with Crippen molar-refractivity contribution >= 4 is 46.7 Å². The average molecular weight is 478 g/mol. The molecule has 33 heavy (non-hydrogen) atoms. The van der Waals surface area contributed by atoms with Crippen LogP contribution in [-0.4, -0.2) is 65.5 Å². The number of aliphatic imine (C=N–C) groups is 1. The van der Waals surface area contributed by atoms with Gasteiger partial charge in [0.2, 0.25) is 11.9 Å². The second-order valence-electron chi connectivity index (χ2n) is 7.95. The van der Waals surface area contributed by atoms with Crippen LogP contribution in [0, 0.1) is 0 Å². The summed E-state index contributed by atoms with van der Waals surface area (Å²) in [6.45, 7) is 4.34. The number of anilines is 2. The summed E-state index contributed by atoms with van der Waals surface area (Å²) in [6.07, 6.45) is 2.03. The lowest BCUT2D eigenvalue weighted by atomic mass is 10.1. The van der Waals surface area contributed by atoms with Crippen LogP contribution >= 0.6 is 23.4 Å². The molecule has 168 valence electrons. The highest BCUT2D eigenvalue weighted by Gasteiger charge is 2.20. The van der Waals surface area contributed by atoms with Crippen LogP contribution in [0.25, 0.3) is 5.57 Å². The van der Waals surface area contributed by atoms with Crippen molar-refractivity contribution in [1.29, 1.82) is 0 Å². The summed E-state index contributed by atoms with van der Waals surface area (Å²) in [5.74, 6) is 1.94. The van der Waals surface area contributed by atoms with E-state index in [4.69, 9.17) is 21.6 Å². The maximum Gasteiger partial charge on any atom is 0.234 e. The van der Waals surface area contributed by atoms with Crippen molar-refractivity contribution < 1.29 is 0 Å². The van der Waals surface area contributed by atoms with Gasteiger partial charge in [-0.05, 0) is 60.3 Å². The molecular formula is C24H24ClN7S. The number of amidine groups is 1. The minimum atomic E-state index is 0.504. The normalized spacial score (nSPS) is 16.5. The summed E-state index contributed by atoms with van der Waals surface area (Å²) in [7, 11) is 2.14. The molecule has 0 aliphatic carbocycles. The summed E-state index contributed by atoms with van der Waals surface area (Å²) in [4.78, 5) is 24.4. The van der Waals surface area contributed by atoms with E-state index in [1.807, 2.05) is 48.5 Å². The number of nitrogens with zero attached hydrogens (tertiary/aromatic N) is 6. The van der Waals surface area contributed by atoms with Crippen molar-refractivity contribution in [3.05, 3.63) is 71.3 Å². The van der Waals surface area contributed by atoms with Gasteiger partial charge in [-0.1, -0.05) is 41.9 Å². The maximum atomic E-state index is 6.02. The van der Waals surface area contributed by atoms with Gasteiger partial charge in [-0.15, -0.1) is 0 Å². The molecule has 2 aromatic carbocycles. The number of halogens is 1. The molecule has 0 radical (unpaired) electrons. The van der Waals surface area contributed by atoms with Gasteiger partial charge in [0.1, 0.15) is 5.84 Å². The monoisotopic (exact) mass is 477 g/mol. The van der Waals surface area contributed by atoms with E-state index in [1.54, 1.807) is 0 Å². The minimum Gasteiger partial charge on any atom is -0.338 e. The quantitative estimate of drug-likeness (QED) is 0.586. The molecule has 3 heterocycles. The molecule has 0 bridgehead atoms. The first kappa shape index (κ1) is 21.9. The fraction of sp³-hybridized carbons (Fsp3) is 0.250. The van der Waals surface area contributed by atoms with Crippen LogP contribution in [0.2, 0.25) is 5.02 Å². The molecule has 1 N–H and O–H groups in total. The number of aromatic nitrogens is 3. The van der Waals surface area contributed by atoms with E-state index in [9.17, 15) is 0 Å². The maximum absolute atomic E-state index is 6.02. The first-order chi connectivity index (χ1) is 16.1. The van der Waals surface area contributed by atoms with Gasteiger partial charge in [-0.3, -0.25) is 4.99 Å². The Balaban J connectivity index is 1.39. The van der Waals surface area contributed by atoms with Gasteiger partial charge in [0.25, 0.3) is 0 Å². The van der Waals surface area contributed by atoms with Crippen LogP contribution in [0.5, 0.6) is 0 Å². The minimum absolute atomic E-state index is 0.504. The van der Waals surface area contributed by atoms with E-state index in [2.05, 4.69) is 44.3 Å². The fourth-order valence-electron chi connectivity index (χ4n) is 3.64. The lowest BCUT2D eigenvalue weighted by Crippen LogP contribution is -2.45. The van der Waals surface area contributed by atoms with Crippen molar-refractivity contribution in [2.45, 2.75) is 10.1 Å². The number of hydrogen-bond donors (Lipinski definition) is 1. The van der Waals surface area contributed by atoms with Crippen molar-refractivity contribution in [2.75, 3.05) is 50.0 Å². The number of hydrogen-bond acceptors (Lipinski definition) is 8. The van der Waals surface area contributed by atoms with Gasteiger partial charge >= 0.3 is 0 Å². The number of nitrogens with one attached hydrogen (secondary N) is 1.